The lowest BCUT2D eigenvalue weighted by atomic mass is 10.1. The van der Waals surface area contributed by atoms with Crippen LogP contribution in [0.1, 0.15) is 16.8 Å². The van der Waals surface area contributed by atoms with Crippen molar-refractivity contribution in [2.24, 2.45) is 5.10 Å². The standard InChI is InChI=1S/C25H22BrN3O2/c1-18-23(15-27-28-25(30)17-31-21-11-7-10-20(26)14-21)22-12-5-6-13-24(22)29(18)16-19-8-3-2-4-9-19/h2-15H,16-17H2,1H3,(H,28,30)/b27-15+. The van der Waals surface area contributed by atoms with E-state index in [1.54, 1.807) is 12.3 Å². The van der Waals surface area contributed by atoms with E-state index in [1.807, 2.05) is 48.5 Å². The number of hydrazone groups is 1. The van der Waals surface area contributed by atoms with E-state index in [2.05, 4.69) is 62.2 Å². The number of halogens is 1. The van der Waals surface area contributed by atoms with E-state index >= 15 is 0 Å². The maximum atomic E-state index is 12.1. The number of carbonyl (C=O) groups is 1. The number of carbonyl (C=O) groups excluding carboxylic acids is 1. The first-order chi connectivity index (χ1) is 15.1. The molecule has 4 aromatic rings. The van der Waals surface area contributed by atoms with Gasteiger partial charge in [-0.05, 0) is 36.8 Å². The van der Waals surface area contributed by atoms with Gasteiger partial charge in [-0.2, -0.15) is 5.10 Å². The predicted octanol–water partition coefficient (Wildman–Crippen LogP) is 5.29. The number of para-hydroxylation sites is 1. The molecule has 1 amide bonds. The van der Waals surface area contributed by atoms with Gasteiger partial charge in [0, 0.05) is 33.2 Å². The maximum absolute atomic E-state index is 12.1. The summed E-state index contributed by atoms with van der Waals surface area (Å²) in [6, 6.07) is 25.9. The number of ether oxygens (including phenoxy) is 1. The van der Waals surface area contributed by atoms with Crippen LogP contribution >= 0.6 is 15.9 Å². The molecule has 31 heavy (non-hydrogen) atoms. The fourth-order valence-electron chi connectivity index (χ4n) is 3.50. The number of aromatic nitrogens is 1. The van der Waals surface area contributed by atoms with Gasteiger partial charge in [-0.25, -0.2) is 5.43 Å². The van der Waals surface area contributed by atoms with Crippen LogP contribution in [0, 0.1) is 6.92 Å². The Balaban J connectivity index is 1.48. The molecule has 0 saturated carbocycles. The Hall–Kier alpha value is -3.38. The van der Waals surface area contributed by atoms with Gasteiger partial charge in [0.25, 0.3) is 5.91 Å². The Morgan fingerprint density at radius 1 is 1.06 bits per heavy atom. The van der Waals surface area contributed by atoms with Crippen LogP contribution in [0.3, 0.4) is 0 Å². The van der Waals surface area contributed by atoms with E-state index < -0.39 is 0 Å². The molecule has 0 unspecified atom stereocenters. The normalized spacial score (nSPS) is 11.2. The van der Waals surface area contributed by atoms with Crippen LogP contribution in [-0.4, -0.2) is 23.3 Å². The summed E-state index contributed by atoms with van der Waals surface area (Å²) < 4.78 is 8.66. The van der Waals surface area contributed by atoms with Crippen molar-refractivity contribution in [3.63, 3.8) is 0 Å². The Kier molecular flexibility index (Phi) is 6.48. The van der Waals surface area contributed by atoms with E-state index in [1.165, 1.54) is 5.56 Å². The summed E-state index contributed by atoms with van der Waals surface area (Å²) in [5.41, 5.74) is 6.99. The van der Waals surface area contributed by atoms with Crippen molar-refractivity contribution in [1.29, 1.82) is 0 Å². The highest BCUT2D eigenvalue weighted by Gasteiger charge is 2.12. The van der Waals surface area contributed by atoms with Crippen molar-refractivity contribution in [2.75, 3.05) is 6.61 Å². The van der Waals surface area contributed by atoms with Crippen LogP contribution < -0.4 is 10.2 Å². The minimum Gasteiger partial charge on any atom is -0.484 e. The average Bonchev–Trinajstić information content (AvgIpc) is 3.04. The molecule has 1 heterocycles. The van der Waals surface area contributed by atoms with Gasteiger partial charge >= 0.3 is 0 Å². The van der Waals surface area contributed by atoms with Gasteiger partial charge < -0.3 is 9.30 Å². The van der Waals surface area contributed by atoms with E-state index in [-0.39, 0.29) is 12.5 Å². The van der Waals surface area contributed by atoms with Crippen LogP contribution in [0.4, 0.5) is 0 Å². The molecule has 0 aliphatic heterocycles. The van der Waals surface area contributed by atoms with Gasteiger partial charge in [0.2, 0.25) is 0 Å². The fourth-order valence-corrected chi connectivity index (χ4v) is 3.88. The van der Waals surface area contributed by atoms with Crippen molar-refractivity contribution in [3.8, 4) is 5.75 Å². The molecule has 0 atom stereocenters. The third kappa shape index (κ3) is 5.03. The van der Waals surface area contributed by atoms with Crippen molar-refractivity contribution in [2.45, 2.75) is 13.5 Å². The molecular formula is C25H22BrN3O2. The number of nitrogens with zero attached hydrogens (tertiary/aromatic N) is 2. The smallest absolute Gasteiger partial charge is 0.277 e. The van der Waals surface area contributed by atoms with Gasteiger partial charge in [0.15, 0.2) is 6.61 Å². The second-order valence-electron chi connectivity index (χ2n) is 7.13. The Labute approximate surface area is 189 Å². The third-order valence-corrected chi connectivity index (χ3v) is 5.51. The first-order valence-electron chi connectivity index (χ1n) is 9.94. The number of fused-ring (bicyclic) bond motifs is 1. The number of rotatable bonds is 7. The van der Waals surface area contributed by atoms with E-state index in [9.17, 15) is 4.79 Å². The molecule has 0 aliphatic rings. The fraction of sp³-hybridized carbons (Fsp3) is 0.120. The molecule has 0 radical (unpaired) electrons. The maximum Gasteiger partial charge on any atom is 0.277 e. The molecule has 1 aromatic heterocycles. The van der Waals surface area contributed by atoms with Crippen LogP contribution in [-0.2, 0) is 11.3 Å². The predicted molar refractivity (Wildman–Crippen MR) is 128 cm³/mol. The summed E-state index contributed by atoms with van der Waals surface area (Å²) in [5.74, 6) is 0.301. The van der Waals surface area contributed by atoms with E-state index in [0.29, 0.717) is 5.75 Å². The molecule has 4 rings (SSSR count). The highest BCUT2D eigenvalue weighted by molar-refractivity contribution is 9.10. The molecule has 0 fully saturated rings. The third-order valence-electron chi connectivity index (χ3n) is 5.01. The summed E-state index contributed by atoms with van der Waals surface area (Å²) in [6.07, 6.45) is 1.70. The minimum atomic E-state index is -0.318. The van der Waals surface area contributed by atoms with Crippen LogP contribution in [0.25, 0.3) is 10.9 Å². The van der Waals surface area contributed by atoms with Crippen molar-refractivity contribution in [1.82, 2.24) is 9.99 Å². The number of nitrogens with one attached hydrogen (secondary N) is 1. The number of amides is 1. The SMILES string of the molecule is Cc1c(/C=N/NC(=O)COc2cccc(Br)c2)c2ccccc2n1Cc1ccccc1. The minimum absolute atomic E-state index is 0.109. The summed E-state index contributed by atoms with van der Waals surface area (Å²) >= 11 is 3.38. The molecule has 6 heteroatoms. The van der Waals surface area contributed by atoms with E-state index in [0.717, 1.165) is 33.2 Å². The molecule has 156 valence electrons. The monoisotopic (exact) mass is 475 g/mol. The quantitative estimate of drug-likeness (QED) is 0.291. The second-order valence-corrected chi connectivity index (χ2v) is 8.04. The molecule has 5 nitrogen and oxygen atoms in total. The van der Waals surface area contributed by atoms with Crippen LogP contribution in [0.15, 0.2) is 88.4 Å². The van der Waals surface area contributed by atoms with Crippen LogP contribution in [0.5, 0.6) is 5.75 Å². The topological polar surface area (TPSA) is 55.6 Å². The summed E-state index contributed by atoms with van der Waals surface area (Å²) in [4.78, 5) is 12.1. The zero-order valence-electron chi connectivity index (χ0n) is 17.1. The van der Waals surface area contributed by atoms with Crippen molar-refractivity contribution < 1.29 is 9.53 Å². The molecular weight excluding hydrogens is 454 g/mol. The largest absolute Gasteiger partial charge is 0.484 e. The summed E-state index contributed by atoms with van der Waals surface area (Å²) in [6.45, 7) is 2.74. The van der Waals surface area contributed by atoms with Gasteiger partial charge in [0.1, 0.15) is 5.75 Å². The highest BCUT2D eigenvalue weighted by Crippen LogP contribution is 2.25. The second kappa shape index (κ2) is 9.62. The number of hydrogen-bond donors (Lipinski definition) is 1. The Bertz CT molecular complexity index is 1230. The van der Waals surface area contributed by atoms with Gasteiger partial charge in [-0.15, -0.1) is 0 Å². The lowest BCUT2D eigenvalue weighted by Crippen LogP contribution is -2.24. The zero-order chi connectivity index (χ0) is 21.6. The molecule has 1 N–H and O–H groups in total. The van der Waals surface area contributed by atoms with Gasteiger partial charge in [-0.1, -0.05) is 70.5 Å². The highest BCUT2D eigenvalue weighted by atomic mass is 79.9. The lowest BCUT2D eigenvalue weighted by molar-refractivity contribution is -0.123. The molecule has 0 spiro atoms. The Morgan fingerprint density at radius 2 is 1.84 bits per heavy atom. The summed E-state index contributed by atoms with van der Waals surface area (Å²) in [7, 11) is 0. The van der Waals surface area contributed by atoms with Crippen molar-refractivity contribution >= 4 is 39.0 Å². The van der Waals surface area contributed by atoms with Crippen molar-refractivity contribution in [3.05, 3.63) is 100 Å². The van der Waals surface area contributed by atoms with Crippen LogP contribution in [0.2, 0.25) is 0 Å². The molecule has 0 bridgehead atoms. The average molecular weight is 476 g/mol. The molecule has 0 saturated heterocycles. The van der Waals surface area contributed by atoms with E-state index in [4.69, 9.17) is 4.74 Å². The number of hydrogen-bond acceptors (Lipinski definition) is 3. The molecule has 0 aliphatic carbocycles. The number of benzene rings is 3. The zero-order valence-corrected chi connectivity index (χ0v) is 18.7. The van der Waals surface area contributed by atoms with Gasteiger partial charge in [-0.3, -0.25) is 4.79 Å². The molecule has 3 aromatic carbocycles. The first kappa shape index (κ1) is 20.9. The first-order valence-corrected chi connectivity index (χ1v) is 10.7. The van der Waals surface area contributed by atoms with Gasteiger partial charge in [0.05, 0.1) is 6.21 Å². The Morgan fingerprint density at radius 3 is 2.65 bits per heavy atom. The summed E-state index contributed by atoms with van der Waals surface area (Å²) in [5, 5.41) is 5.27. The lowest BCUT2D eigenvalue weighted by Gasteiger charge is -2.08.